The monoisotopic (exact) mass is 312 g/mol. The Kier molecular flexibility index (Phi) is 2.97. The van der Waals surface area contributed by atoms with E-state index in [1.54, 1.807) is 11.7 Å². The van der Waals surface area contributed by atoms with Crippen LogP contribution in [-0.2, 0) is 6.61 Å². The molecule has 4 rings (SSSR count). The molecule has 0 bridgehead atoms. The smallest absolute Gasteiger partial charge is 0.302 e. The van der Waals surface area contributed by atoms with Gasteiger partial charge in [-0.15, -0.1) is 0 Å². The molecule has 1 aliphatic heterocycles. The van der Waals surface area contributed by atoms with Crippen molar-refractivity contribution in [1.29, 1.82) is 0 Å². The predicted molar refractivity (Wildman–Crippen MR) is 83.0 cm³/mol. The molecule has 0 spiro atoms. The van der Waals surface area contributed by atoms with E-state index in [1.807, 2.05) is 42.5 Å². The molecule has 22 heavy (non-hydrogen) atoms. The zero-order valence-electron chi connectivity index (χ0n) is 11.8. The minimum absolute atomic E-state index is 0.325. The Morgan fingerprint density at radius 3 is 2.68 bits per heavy atom. The Labute approximate surface area is 131 Å². The van der Waals surface area contributed by atoms with Gasteiger partial charge in [-0.3, -0.25) is 0 Å². The van der Waals surface area contributed by atoms with Crippen molar-refractivity contribution in [3.05, 3.63) is 53.1 Å². The molecule has 2 aromatic carbocycles. The Bertz CT molecular complexity index is 896. The Hall–Kier alpha value is -2.60. The van der Waals surface area contributed by atoms with E-state index in [4.69, 9.17) is 26.2 Å². The van der Waals surface area contributed by atoms with E-state index in [-0.39, 0.29) is 0 Å². The van der Waals surface area contributed by atoms with Crippen molar-refractivity contribution < 1.29 is 14.0 Å². The summed E-state index contributed by atoms with van der Waals surface area (Å²) in [4.78, 5) is 0.325. The molecule has 0 fully saturated rings. The third kappa shape index (κ3) is 2.00. The fraction of sp³-hybridized carbons (Fsp3) is 0.125. The summed E-state index contributed by atoms with van der Waals surface area (Å²) in [6.45, 7) is 0.356. The highest BCUT2D eigenvalue weighted by Gasteiger charge is 2.21. The van der Waals surface area contributed by atoms with Gasteiger partial charge < -0.3 is 14.0 Å². The average molecular weight is 312 g/mol. The van der Waals surface area contributed by atoms with Crippen molar-refractivity contribution >= 4 is 12.2 Å². The molecule has 0 unspecified atom stereocenters. The first-order valence-electron chi connectivity index (χ1n) is 6.75. The molecule has 6 heteroatoms. The summed E-state index contributed by atoms with van der Waals surface area (Å²) >= 11 is 5.20. The van der Waals surface area contributed by atoms with E-state index in [2.05, 4.69) is 5.16 Å². The van der Waals surface area contributed by atoms with Crippen LogP contribution in [-0.4, -0.2) is 16.8 Å². The van der Waals surface area contributed by atoms with Crippen LogP contribution in [0.15, 0.2) is 47.0 Å². The third-order valence-electron chi connectivity index (χ3n) is 3.65. The lowest BCUT2D eigenvalue weighted by atomic mass is 10.0. The molecule has 0 aliphatic carbocycles. The first-order valence-corrected chi connectivity index (χ1v) is 7.16. The van der Waals surface area contributed by atoms with E-state index in [1.165, 1.54) is 0 Å². The van der Waals surface area contributed by atoms with Crippen LogP contribution in [0.25, 0.3) is 16.8 Å². The van der Waals surface area contributed by atoms with Gasteiger partial charge in [0.05, 0.1) is 12.8 Å². The number of aromatic nitrogens is 2. The van der Waals surface area contributed by atoms with Gasteiger partial charge in [-0.25, -0.2) is 4.57 Å². The normalized spacial score (nSPS) is 12.2. The molecule has 2 heterocycles. The Balaban J connectivity index is 1.84. The van der Waals surface area contributed by atoms with Crippen molar-refractivity contribution in [1.82, 2.24) is 9.72 Å². The van der Waals surface area contributed by atoms with Gasteiger partial charge >= 0.3 is 4.84 Å². The van der Waals surface area contributed by atoms with E-state index in [9.17, 15) is 0 Å². The number of rotatable bonds is 2. The van der Waals surface area contributed by atoms with Gasteiger partial charge in [0.15, 0.2) is 12.4 Å². The van der Waals surface area contributed by atoms with Crippen molar-refractivity contribution in [2.24, 2.45) is 0 Å². The molecule has 0 N–H and O–H groups in total. The second-order valence-electron chi connectivity index (χ2n) is 4.90. The van der Waals surface area contributed by atoms with Gasteiger partial charge in [-0.05, 0) is 47.6 Å². The van der Waals surface area contributed by atoms with Crippen LogP contribution >= 0.6 is 12.2 Å². The number of ether oxygens (including phenoxy) is 2. The molecule has 1 aliphatic rings. The molecule has 3 aromatic rings. The summed E-state index contributed by atoms with van der Waals surface area (Å²) in [5.41, 5.74) is 2.99. The van der Waals surface area contributed by atoms with Crippen LogP contribution in [0.5, 0.6) is 11.5 Å². The van der Waals surface area contributed by atoms with E-state index in [0.717, 1.165) is 28.3 Å². The lowest BCUT2D eigenvalue weighted by molar-refractivity contribution is 0.274. The van der Waals surface area contributed by atoms with Crippen LogP contribution in [0.1, 0.15) is 5.82 Å². The minimum Gasteiger partial charge on any atom is -0.497 e. The highest BCUT2D eigenvalue weighted by Crippen LogP contribution is 2.34. The van der Waals surface area contributed by atoms with Crippen LogP contribution in [0, 0.1) is 4.84 Å². The largest absolute Gasteiger partial charge is 0.497 e. The molecule has 5 nitrogen and oxygen atoms in total. The average Bonchev–Trinajstić information content (AvgIpc) is 2.96. The SMILES string of the molecule is COc1ccc(-c2ccc3c(c2)-n2c(noc2=S)CO3)cc1. The molecule has 0 radical (unpaired) electrons. The third-order valence-corrected chi connectivity index (χ3v) is 3.91. The summed E-state index contributed by atoms with van der Waals surface area (Å²) < 4.78 is 17.8. The van der Waals surface area contributed by atoms with Crippen molar-refractivity contribution in [3.63, 3.8) is 0 Å². The van der Waals surface area contributed by atoms with Gasteiger partial charge in [-0.2, -0.15) is 0 Å². The van der Waals surface area contributed by atoms with E-state index >= 15 is 0 Å². The highest BCUT2D eigenvalue weighted by atomic mass is 32.1. The van der Waals surface area contributed by atoms with Gasteiger partial charge in [0.1, 0.15) is 11.5 Å². The zero-order valence-corrected chi connectivity index (χ0v) is 12.6. The first kappa shape index (κ1) is 13.1. The lowest BCUT2D eigenvalue weighted by Crippen LogP contribution is -2.13. The quantitative estimate of drug-likeness (QED) is 0.674. The lowest BCUT2D eigenvalue weighted by Gasteiger charge is -2.18. The van der Waals surface area contributed by atoms with Crippen molar-refractivity contribution in [2.45, 2.75) is 6.61 Å². The summed E-state index contributed by atoms with van der Waals surface area (Å²) in [6.07, 6.45) is 0. The van der Waals surface area contributed by atoms with Gasteiger partial charge in [0.2, 0.25) is 0 Å². The van der Waals surface area contributed by atoms with Gasteiger partial charge in [0.25, 0.3) is 0 Å². The zero-order chi connectivity index (χ0) is 15.1. The standard InChI is InChI=1S/C16H12N2O3S/c1-19-12-5-2-10(3-6-12)11-4-7-14-13(8-11)18-15(9-20-14)17-21-16(18)22/h2-8H,9H2,1H3. The van der Waals surface area contributed by atoms with E-state index < -0.39 is 0 Å². The minimum atomic E-state index is 0.325. The first-order chi connectivity index (χ1) is 10.8. The molecule has 0 amide bonds. The molecule has 1 aromatic heterocycles. The fourth-order valence-corrected chi connectivity index (χ4v) is 2.77. The second-order valence-corrected chi connectivity index (χ2v) is 5.25. The maximum absolute atomic E-state index is 5.68. The van der Waals surface area contributed by atoms with E-state index in [0.29, 0.717) is 17.3 Å². The number of hydrogen-bond acceptors (Lipinski definition) is 5. The topological polar surface area (TPSA) is 49.4 Å². The van der Waals surface area contributed by atoms with Crippen LogP contribution < -0.4 is 9.47 Å². The number of nitrogens with zero attached hydrogens (tertiary/aromatic N) is 2. The number of benzene rings is 2. The van der Waals surface area contributed by atoms with Gasteiger partial charge in [-0.1, -0.05) is 23.4 Å². The second kappa shape index (κ2) is 4.99. The van der Waals surface area contributed by atoms with Gasteiger partial charge in [0, 0.05) is 0 Å². The maximum Gasteiger partial charge on any atom is 0.302 e. The predicted octanol–water partition coefficient (Wildman–Crippen LogP) is 3.76. The molecular weight excluding hydrogens is 300 g/mol. The summed E-state index contributed by atoms with van der Waals surface area (Å²) in [5, 5.41) is 3.92. The Morgan fingerprint density at radius 1 is 1.14 bits per heavy atom. The molecular formula is C16H12N2O3S. The molecule has 110 valence electrons. The van der Waals surface area contributed by atoms with Crippen molar-refractivity contribution in [3.8, 4) is 28.3 Å². The van der Waals surface area contributed by atoms with Crippen LogP contribution in [0.4, 0.5) is 0 Å². The summed E-state index contributed by atoms with van der Waals surface area (Å²) in [5.74, 6) is 2.27. The highest BCUT2D eigenvalue weighted by molar-refractivity contribution is 7.71. The fourth-order valence-electron chi connectivity index (χ4n) is 2.53. The Morgan fingerprint density at radius 2 is 1.91 bits per heavy atom. The molecule has 0 saturated heterocycles. The number of methoxy groups -OCH3 is 1. The molecule has 0 atom stereocenters. The van der Waals surface area contributed by atoms with Crippen molar-refractivity contribution in [2.75, 3.05) is 7.11 Å². The number of hydrogen-bond donors (Lipinski definition) is 0. The number of fused-ring (bicyclic) bond motifs is 3. The summed E-state index contributed by atoms with van der Waals surface area (Å²) in [6, 6.07) is 13.9. The summed E-state index contributed by atoms with van der Waals surface area (Å²) in [7, 11) is 1.65. The molecule has 0 saturated carbocycles. The maximum atomic E-state index is 5.68. The van der Waals surface area contributed by atoms with Crippen LogP contribution in [0.2, 0.25) is 0 Å². The van der Waals surface area contributed by atoms with Crippen LogP contribution in [0.3, 0.4) is 0 Å².